The summed E-state index contributed by atoms with van der Waals surface area (Å²) in [4.78, 5) is 8.51. The van der Waals surface area contributed by atoms with Crippen LogP contribution in [0.5, 0.6) is 0 Å². The van der Waals surface area contributed by atoms with E-state index in [1.807, 2.05) is 24.7 Å². The quantitative estimate of drug-likeness (QED) is 0.876. The van der Waals surface area contributed by atoms with Gasteiger partial charge in [-0.2, -0.15) is 5.10 Å². The topological polar surface area (TPSA) is 55.6 Å². The molecule has 0 fully saturated rings. The molecule has 1 aliphatic rings. The Labute approximate surface area is 106 Å². The van der Waals surface area contributed by atoms with Crippen molar-refractivity contribution < 1.29 is 0 Å². The van der Waals surface area contributed by atoms with Crippen LogP contribution < -0.4 is 5.32 Å². The summed E-state index contributed by atoms with van der Waals surface area (Å²) in [5.41, 5.74) is 2.52. The zero-order chi connectivity index (χ0) is 12.5. The van der Waals surface area contributed by atoms with E-state index in [4.69, 9.17) is 0 Å². The fraction of sp³-hybridized carbons (Fsp3) is 0.462. The number of aromatic nitrogens is 4. The highest BCUT2D eigenvalue weighted by atomic mass is 15.3. The van der Waals surface area contributed by atoms with E-state index >= 15 is 0 Å². The smallest absolute Gasteiger partial charge is 0.130 e. The summed E-state index contributed by atoms with van der Waals surface area (Å²) in [6.45, 7) is 1.90. The molecule has 1 N–H and O–H groups in total. The van der Waals surface area contributed by atoms with Crippen molar-refractivity contribution >= 4 is 5.82 Å². The van der Waals surface area contributed by atoms with E-state index in [0.29, 0.717) is 6.04 Å². The summed E-state index contributed by atoms with van der Waals surface area (Å²) in [6, 6.07) is 2.23. The van der Waals surface area contributed by atoms with E-state index in [1.54, 1.807) is 6.20 Å². The minimum atomic E-state index is 0.316. The summed E-state index contributed by atoms with van der Waals surface area (Å²) in [7, 11) is 1.98. The van der Waals surface area contributed by atoms with Crippen molar-refractivity contribution in [3.8, 4) is 0 Å². The van der Waals surface area contributed by atoms with Crippen LogP contribution in [-0.4, -0.2) is 19.7 Å². The van der Waals surface area contributed by atoms with Gasteiger partial charge in [0.15, 0.2) is 0 Å². The molecule has 0 spiro atoms. The molecule has 1 aliphatic carbocycles. The predicted octanol–water partition coefficient (Wildman–Crippen LogP) is 2.01. The molecule has 5 heteroatoms. The van der Waals surface area contributed by atoms with Gasteiger partial charge in [-0.3, -0.25) is 4.68 Å². The number of nitrogens with zero attached hydrogens (tertiary/aromatic N) is 4. The first-order chi connectivity index (χ1) is 8.72. The molecule has 94 valence electrons. The normalized spacial score (nSPS) is 18.4. The van der Waals surface area contributed by atoms with E-state index in [-0.39, 0.29) is 0 Å². The molecule has 0 unspecified atom stereocenters. The van der Waals surface area contributed by atoms with Crippen LogP contribution in [-0.2, 0) is 13.5 Å². The second-order valence-electron chi connectivity index (χ2n) is 4.78. The van der Waals surface area contributed by atoms with E-state index in [2.05, 4.69) is 26.6 Å². The van der Waals surface area contributed by atoms with E-state index < -0.39 is 0 Å². The van der Waals surface area contributed by atoms with Crippen LogP contribution in [0.25, 0.3) is 0 Å². The third kappa shape index (κ3) is 2.08. The second-order valence-corrected chi connectivity index (χ2v) is 4.78. The number of anilines is 1. The third-order valence-electron chi connectivity index (χ3n) is 3.32. The van der Waals surface area contributed by atoms with Crippen molar-refractivity contribution in [2.45, 2.75) is 32.2 Å². The molecule has 1 atom stereocenters. The zero-order valence-electron chi connectivity index (χ0n) is 10.7. The molecule has 3 rings (SSSR count). The van der Waals surface area contributed by atoms with Crippen LogP contribution in [0.15, 0.2) is 18.5 Å². The Hall–Kier alpha value is -1.91. The molecule has 0 radical (unpaired) electrons. The fourth-order valence-corrected chi connectivity index (χ4v) is 2.53. The first kappa shape index (κ1) is 11.2. The number of fused-ring (bicyclic) bond motifs is 1. The van der Waals surface area contributed by atoms with Gasteiger partial charge in [0.2, 0.25) is 0 Å². The van der Waals surface area contributed by atoms with Crippen LogP contribution in [0.2, 0.25) is 0 Å². The van der Waals surface area contributed by atoms with Crippen molar-refractivity contribution in [3.05, 3.63) is 35.5 Å². The van der Waals surface area contributed by atoms with Gasteiger partial charge in [-0.1, -0.05) is 0 Å². The molecule has 5 nitrogen and oxygen atoms in total. The number of hydrogen-bond acceptors (Lipinski definition) is 4. The maximum atomic E-state index is 4.50. The average molecular weight is 243 g/mol. The predicted molar refractivity (Wildman–Crippen MR) is 69.3 cm³/mol. The standard InChI is InChI=1S/C13H17N5/c1-9-14-7-6-13(15-9)16-11-4-3-5-12-10(11)8-18(2)17-12/h6-8,11H,3-5H2,1-2H3,(H,14,15,16)/t11-/m0/s1. The summed E-state index contributed by atoms with van der Waals surface area (Å²) in [6.07, 6.45) is 7.28. The van der Waals surface area contributed by atoms with Crippen LogP contribution in [0.4, 0.5) is 5.82 Å². The highest BCUT2D eigenvalue weighted by Crippen LogP contribution is 2.31. The Kier molecular flexibility index (Phi) is 2.74. The molecule has 0 saturated heterocycles. The largest absolute Gasteiger partial charge is 0.363 e. The Morgan fingerprint density at radius 1 is 1.44 bits per heavy atom. The van der Waals surface area contributed by atoms with Gasteiger partial charge in [-0.15, -0.1) is 0 Å². The summed E-state index contributed by atoms with van der Waals surface area (Å²) in [5, 5.41) is 7.99. The van der Waals surface area contributed by atoms with Crippen LogP contribution in [0.1, 0.15) is 36.0 Å². The molecule has 2 heterocycles. The molecule has 2 aromatic rings. The molecule has 0 amide bonds. The van der Waals surface area contributed by atoms with E-state index in [1.165, 1.54) is 17.7 Å². The van der Waals surface area contributed by atoms with E-state index in [0.717, 1.165) is 24.5 Å². The molecule has 0 aromatic carbocycles. The lowest BCUT2D eigenvalue weighted by Crippen LogP contribution is -2.17. The van der Waals surface area contributed by atoms with Gasteiger partial charge in [0.25, 0.3) is 0 Å². The monoisotopic (exact) mass is 243 g/mol. The maximum Gasteiger partial charge on any atom is 0.130 e. The molecular weight excluding hydrogens is 226 g/mol. The highest BCUT2D eigenvalue weighted by molar-refractivity contribution is 5.39. The van der Waals surface area contributed by atoms with Gasteiger partial charge >= 0.3 is 0 Å². The SMILES string of the molecule is Cc1nccc(N[C@H]2CCCc3nn(C)cc32)n1. The first-order valence-electron chi connectivity index (χ1n) is 6.31. The van der Waals surface area contributed by atoms with Crippen molar-refractivity contribution in [1.82, 2.24) is 19.7 Å². The molecule has 0 aliphatic heterocycles. The Bertz CT molecular complexity index is 560. The number of aryl methyl sites for hydroxylation is 3. The summed E-state index contributed by atoms with van der Waals surface area (Å²) >= 11 is 0. The lowest BCUT2D eigenvalue weighted by atomic mass is 9.93. The van der Waals surface area contributed by atoms with Gasteiger partial charge in [0.05, 0.1) is 11.7 Å². The van der Waals surface area contributed by atoms with Gasteiger partial charge in [0.1, 0.15) is 11.6 Å². The molecule has 0 saturated carbocycles. The van der Waals surface area contributed by atoms with Crippen LogP contribution in [0.3, 0.4) is 0 Å². The maximum absolute atomic E-state index is 4.50. The molecule has 18 heavy (non-hydrogen) atoms. The lowest BCUT2D eigenvalue weighted by molar-refractivity contribution is 0.591. The minimum Gasteiger partial charge on any atom is -0.363 e. The van der Waals surface area contributed by atoms with Crippen molar-refractivity contribution in [2.24, 2.45) is 7.05 Å². The Morgan fingerprint density at radius 3 is 3.17 bits per heavy atom. The Morgan fingerprint density at radius 2 is 2.33 bits per heavy atom. The van der Waals surface area contributed by atoms with Gasteiger partial charge in [-0.05, 0) is 32.3 Å². The number of hydrogen-bond donors (Lipinski definition) is 1. The minimum absolute atomic E-state index is 0.316. The average Bonchev–Trinajstić information content (AvgIpc) is 2.71. The number of nitrogens with one attached hydrogen (secondary N) is 1. The zero-order valence-corrected chi connectivity index (χ0v) is 10.7. The van der Waals surface area contributed by atoms with Gasteiger partial charge < -0.3 is 5.32 Å². The van der Waals surface area contributed by atoms with Crippen molar-refractivity contribution in [1.29, 1.82) is 0 Å². The first-order valence-corrected chi connectivity index (χ1v) is 6.31. The molecule has 2 aromatic heterocycles. The van der Waals surface area contributed by atoms with Gasteiger partial charge in [-0.25, -0.2) is 9.97 Å². The summed E-state index contributed by atoms with van der Waals surface area (Å²) in [5.74, 6) is 1.69. The summed E-state index contributed by atoms with van der Waals surface area (Å²) < 4.78 is 1.90. The van der Waals surface area contributed by atoms with Crippen LogP contribution in [0, 0.1) is 6.92 Å². The highest BCUT2D eigenvalue weighted by Gasteiger charge is 2.23. The fourth-order valence-electron chi connectivity index (χ4n) is 2.53. The van der Waals surface area contributed by atoms with Crippen molar-refractivity contribution in [2.75, 3.05) is 5.32 Å². The second kappa shape index (κ2) is 4.40. The van der Waals surface area contributed by atoms with Gasteiger partial charge in [0, 0.05) is 25.0 Å². The van der Waals surface area contributed by atoms with Crippen molar-refractivity contribution in [3.63, 3.8) is 0 Å². The lowest BCUT2D eigenvalue weighted by Gasteiger charge is -2.23. The third-order valence-corrected chi connectivity index (χ3v) is 3.32. The van der Waals surface area contributed by atoms with E-state index in [9.17, 15) is 0 Å². The van der Waals surface area contributed by atoms with Crippen LogP contribution >= 0.6 is 0 Å². The Balaban J connectivity index is 1.86. The number of rotatable bonds is 2. The molecule has 0 bridgehead atoms. The molecular formula is C13H17N5.